The van der Waals surface area contributed by atoms with Crippen LogP contribution in [0.1, 0.15) is 86.0 Å². The topological polar surface area (TPSA) is 376 Å². The summed E-state index contributed by atoms with van der Waals surface area (Å²) in [7, 11) is 0. The molecule has 14 N–H and O–H groups in total. The van der Waals surface area contributed by atoms with E-state index in [0.29, 0.717) is 32.1 Å². The Morgan fingerprint density at radius 2 is 1.15 bits per heavy atom. The zero-order valence-electron chi connectivity index (χ0n) is 43.1. The summed E-state index contributed by atoms with van der Waals surface area (Å²) < 4.78 is 62.1. The minimum absolute atomic E-state index is 0.00233. The Balaban J connectivity index is 0.839. The highest BCUT2D eigenvalue weighted by Crippen LogP contribution is 2.71. The molecule has 6 saturated heterocycles. The quantitative estimate of drug-likeness (QED) is 0.0832. The normalized spacial score (nSPS) is 57.8. The van der Waals surface area contributed by atoms with E-state index in [1.54, 1.807) is 0 Å². The minimum Gasteiger partial charge on any atom is -0.394 e. The lowest BCUT2D eigenvalue weighted by molar-refractivity contribution is -0.394. The molecule has 0 aromatic carbocycles. The van der Waals surface area contributed by atoms with Crippen LogP contribution in [0.15, 0.2) is 11.6 Å². The number of hydrogen-bond donors (Lipinski definition) is 14. The van der Waals surface area contributed by atoms with Gasteiger partial charge in [0.05, 0.1) is 56.4 Å². The molecule has 0 aromatic heterocycles. The molecule has 0 amide bonds. The van der Waals surface area contributed by atoms with Gasteiger partial charge in [-0.15, -0.1) is 0 Å². The molecule has 6 heterocycles. The van der Waals surface area contributed by atoms with Crippen molar-refractivity contribution in [1.82, 2.24) is 0 Å². The molecule has 0 bridgehead atoms. The summed E-state index contributed by atoms with van der Waals surface area (Å²) in [4.78, 5) is 0. The molecular weight excluding hydrogens is 997 g/mol. The Morgan fingerprint density at radius 3 is 1.80 bits per heavy atom. The Bertz CT molecular complexity index is 2020. The van der Waals surface area contributed by atoms with Gasteiger partial charge in [-0.25, -0.2) is 0 Å². The van der Waals surface area contributed by atoms with Crippen molar-refractivity contribution in [3.8, 4) is 0 Å². The van der Waals surface area contributed by atoms with E-state index in [0.717, 1.165) is 24.8 Å². The molecule has 32 unspecified atom stereocenters. The predicted octanol–water partition coefficient (Wildman–Crippen LogP) is -3.88. The van der Waals surface area contributed by atoms with Crippen LogP contribution in [0.2, 0.25) is 0 Å². The third kappa shape index (κ3) is 9.61. The van der Waals surface area contributed by atoms with E-state index in [-0.39, 0.29) is 53.1 Å². The molecule has 6 aliphatic heterocycles. The van der Waals surface area contributed by atoms with Gasteiger partial charge in [-0.05, 0) is 93.3 Å². The van der Waals surface area contributed by atoms with Crippen molar-refractivity contribution in [2.45, 2.75) is 239 Å². The van der Waals surface area contributed by atoms with E-state index in [4.69, 9.17) is 47.4 Å². The summed E-state index contributed by atoms with van der Waals surface area (Å²) in [6, 6.07) is 0. The maximum absolute atomic E-state index is 12.3. The van der Waals surface area contributed by atoms with Crippen molar-refractivity contribution >= 4 is 0 Å². The number of fused-ring (bicyclic) bond motifs is 7. The van der Waals surface area contributed by atoms with E-state index < -0.39 is 166 Å². The van der Waals surface area contributed by atoms with Crippen LogP contribution in [0, 0.1) is 40.4 Å². The number of hydrogen-bond acceptors (Lipinski definition) is 24. The van der Waals surface area contributed by atoms with Crippen molar-refractivity contribution in [3.05, 3.63) is 11.6 Å². The summed E-state index contributed by atoms with van der Waals surface area (Å²) in [6.45, 7) is 8.04. The van der Waals surface area contributed by atoms with E-state index in [1.165, 1.54) is 6.92 Å². The van der Waals surface area contributed by atoms with Crippen LogP contribution < -0.4 is 0 Å². The van der Waals surface area contributed by atoms with Crippen LogP contribution >= 0.6 is 0 Å². The lowest BCUT2D eigenvalue weighted by atomic mass is 9.46. The summed E-state index contributed by atoms with van der Waals surface area (Å²) in [5.41, 5.74) is -0.351. The van der Waals surface area contributed by atoms with Crippen LogP contribution in [-0.4, -0.2) is 250 Å². The van der Waals surface area contributed by atoms with Crippen molar-refractivity contribution in [3.63, 3.8) is 0 Å². The Kier molecular flexibility index (Phi) is 16.2. The average Bonchev–Trinajstić information content (AvgIpc) is 4.06. The van der Waals surface area contributed by atoms with Crippen LogP contribution in [-0.2, 0) is 47.4 Å². The third-order valence-electron chi connectivity index (χ3n) is 19.9. The first-order valence-electron chi connectivity index (χ1n) is 27.0. The molecule has 4 aliphatic carbocycles. The van der Waals surface area contributed by atoms with Gasteiger partial charge < -0.3 is 119 Å². The molecule has 24 heteroatoms. The van der Waals surface area contributed by atoms with Gasteiger partial charge in [0, 0.05) is 12.3 Å². The van der Waals surface area contributed by atoms with E-state index >= 15 is 0 Å². The first-order chi connectivity index (χ1) is 35.4. The van der Waals surface area contributed by atoms with Crippen molar-refractivity contribution < 1.29 is 119 Å². The largest absolute Gasteiger partial charge is 0.394 e. The van der Waals surface area contributed by atoms with Gasteiger partial charge >= 0.3 is 0 Å². The number of ether oxygens (including phenoxy) is 10. The number of aliphatic hydroxyl groups is 14. The molecule has 430 valence electrons. The molecule has 9 fully saturated rings. The van der Waals surface area contributed by atoms with Gasteiger partial charge in [-0.3, -0.25) is 0 Å². The first kappa shape index (κ1) is 57.0. The SMILES string of the molecule is CC1OC(OC2C(OC3CCC4(C)C(=CC(O)C5C4CCC4(C)C5CC5OC6(CCC(C)(COC7OC(CO)C(O)C(O)C7O)O6)C(C)C54)C3)OC(CO)C(O)C2OC2OC(CO)C(O)C(O)C2O)C(O)C(O)C1O. The maximum atomic E-state index is 12.3. The molecule has 0 aromatic rings. The Labute approximate surface area is 434 Å². The molecule has 1 spiro atoms. The Hall–Kier alpha value is -1.22. The lowest BCUT2D eigenvalue weighted by Crippen LogP contribution is -2.67. The summed E-state index contributed by atoms with van der Waals surface area (Å²) in [5, 5.41) is 149. The molecule has 24 nitrogen and oxygen atoms in total. The van der Waals surface area contributed by atoms with Crippen LogP contribution in [0.3, 0.4) is 0 Å². The number of aliphatic hydroxyl groups excluding tert-OH is 14. The smallest absolute Gasteiger partial charge is 0.187 e. The highest BCUT2D eigenvalue weighted by Gasteiger charge is 2.71. The monoisotopic (exact) mass is 1080 g/mol. The second-order valence-corrected chi connectivity index (χ2v) is 24.3. The molecule has 0 radical (unpaired) electrons. The highest BCUT2D eigenvalue weighted by molar-refractivity contribution is 5.29. The van der Waals surface area contributed by atoms with Gasteiger partial charge in [0.1, 0.15) is 91.6 Å². The number of rotatable bonds is 12. The van der Waals surface area contributed by atoms with Gasteiger partial charge in [-0.2, -0.15) is 0 Å². The molecule has 75 heavy (non-hydrogen) atoms. The molecule has 32 atom stereocenters. The second-order valence-electron chi connectivity index (χ2n) is 24.3. The van der Waals surface area contributed by atoms with E-state index in [1.807, 2.05) is 13.0 Å². The summed E-state index contributed by atoms with van der Waals surface area (Å²) in [5.74, 6) is -0.615. The average molecular weight is 1080 g/mol. The molecule has 10 aliphatic rings. The molecule has 3 saturated carbocycles. The molecular formula is C51H82O24. The van der Waals surface area contributed by atoms with Gasteiger partial charge in [0.2, 0.25) is 0 Å². The van der Waals surface area contributed by atoms with Crippen molar-refractivity contribution in [1.29, 1.82) is 0 Å². The zero-order valence-corrected chi connectivity index (χ0v) is 43.1. The lowest BCUT2D eigenvalue weighted by Gasteiger charge is -2.59. The standard InChI is InChI=1S/C51H82O24/c1-19-31-26(74-51(19)11-10-48(3,75-51)18-66-44-39(63)37(61)33(57)27(15-52)69-44)14-24-30-23(7-9-50(24,31)5)49(4)8-6-22(12-21(49)13-25(30)55)68-47-43(73-45-40(64)36(60)32(56)20(2)67-45)42(35(59)29(17-54)71-47)72-46-41(65)38(62)34(58)28(16-53)70-46/h13,19-20,22-47,52-65H,6-12,14-18H2,1-5H3. The van der Waals surface area contributed by atoms with Gasteiger partial charge in [-0.1, -0.05) is 32.4 Å². The fourth-order valence-corrected chi connectivity index (χ4v) is 15.6. The summed E-state index contributed by atoms with van der Waals surface area (Å²) in [6.07, 6.45) is -25.6. The van der Waals surface area contributed by atoms with Crippen molar-refractivity contribution in [2.24, 2.45) is 40.4 Å². The predicted molar refractivity (Wildman–Crippen MR) is 250 cm³/mol. The second kappa shape index (κ2) is 21.3. The minimum atomic E-state index is -1.90. The Morgan fingerprint density at radius 1 is 0.573 bits per heavy atom. The van der Waals surface area contributed by atoms with Crippen LogP contribution in [0.25, 0.3) is 0 Å². The van der Waals surface area contributed by atoms with Crippen LogP contribution in [0.4, 0.5) is 0 Å². The highest BCUT2D eigenvalue weighted by atomic mass is 16.8. The maximum Gasteiger partial charge on any atom is 0.187 e. The van der Waals surface area contributed by atoms with Gasteiger partial charge in [0.25, 0.3) is 0 Å². The van der Waals surface area contributed by atoms with Gasteiger partial charge in [0.15, 0.2) is 30.9 Å². The van der Waals surface area contributed by atoms with Crippen molar-refractivity contribution in [2.75, 3.05) is 26.4 Å². The van der Waals surface area contributed by atoms with E-state index in [2.05, 4.69) is 20.8 Å². The van der Waals surface area contributed by atoms with E-state index in [9.17, 15) is 71.5 Å². The zero-order chi connectivity index (χ0) is 54.0. The fraction of sp³-hybridized carbons (Fsp3) is 0.961. The third-order valence-corrected chi connectivity index (χ3v) is 19.9. The summed E-state index contributed by atoms with van der Waals surface area (Å²) >= 11 is 0. The molecule has 10 rings (SSSR count). The fourth-order valence-electron chi connectivity index (χ4n) is 15.6. The van der Waals surface area contributed by atoms with Crippen LogP contribution in [0.5, 0.6) is 0 Å². The first-order valence-corrected chi connectivity index (χ1v) is 27.0.